The summed E-state index contributed by atoms with van der Waals surface area (Å²) in [4.78, 5) is 7.63. The molecule has 1 aliphatic rings. The quantitative estimate of drug-likeness (QED) is 0.773. The molecule has 1 fully saturated rings. The number of rotatable bonds is 2. The molecule has 0 spiro atoms. The Morgan fingerprint density at radius 1 is 1.60 bits per heavy atom. The number of halogens is 2. The van der Waals surface area contributed by atoms with Crippen molar-refractivity contribution in [3.8, 4) is 0 Å². The van der Waals surface area contributed by atoms with Gasteiger partial charge in [-0.05, 0) is 0 Å². The van der Waals surface area contributed by atoms with E-state index in [1.54, 1.807) is 11.3 Å². The standard InChI is InChI=1S/C9H12Cl2N2S2/c1-6-5-13(2-3-14-6)9-12-8(11)7(4-10)15-9/h6H,2-5H2,1H3. The van der Waals surface area contributed by atoms with E-state index in [0.717, 1.165) is 28.9 Å². The van der Waals surface area contributed by atoms with Gasteiger partial charge in [0.05, 0.1) is 10.8 Å². The lowest BCUT2D eigenvalue weighted by Crippen LogP contribution is -2.36. The van der Waals surface area contributed by atoms with Crippen LogP contribution in [-0.4, -0.2) is 29.1 Å². The molecule has 1 aliphatic heterocycles. The van der Waals surface area contributed by atoms with Crippen molar-refractivity contribution in [2.75, 3.05) is 23.7 Å². The Bertz CT molecular complexity index is 343. The molecular formula is C9H12Cl2N2S2. The largest absolute Gasteiger partial charge is 0.346 e. The molecule has 0 saturated carbocycles. The van der Waals surface area contributed by atoms with Crippen LogP contribution in [-0.2, 0) is 5.88 Å². The minimum atomic E-state index is 0.453. The molecule has 0 bridgehead atoms. The van der Waals surface area contributed by atoms with E-state index < -0.39 is 0 Å². The number of thiazole rings is 1. The fourth-order valence-corrected chi connectivity index (χ4v) is 4.05. The van der Waals surface area contributed by atoms with Crippen LogP contribution in [0.1, 0.15) is 11.8 Å². The normalized spacial score (nSPS) is 22.1. The van der Waals surface area contributed by atoms with Crippen molar-refractivity contribution in [2.45, 2.75) is 18.1 Å². The first kappa shape index (κ1) is 11.8. The summed E-state index contributed by atoms with van der Waals surface area (Å²) in [6.45, 7) is 4.35. The van der Waals surface area contributed by atoms with Gasteiger partial charge in [0, 0.05) is 24.1 Å². The van der Waals surface area contributed by atoms with Crippen LogP contribution in [0.5, 0.6) is 0 Å². The minimum Gasteiger partial charge on any atom is -0.346 e. The van der Waals surface area contributed by atoms with Crippen molar-refractivity contribution in [1.82, 2.24) is 4.98 Å². The highest BCUT2D eigenvalue weighted by Gasteiger charge is 2.20. The highest BCUT2D eigenvalue weighted by atomic mass is 35.5. The maximum atomic E-state index is 5.98. The summed E-state index contributed by atoms with van der Waals surface area (Å²) >= 11 is 15.4. The zero-order valence-corrected chi connectivity index (χ0v) is 11.5. The molecule has 2 rings (SSSR count). The monoisotopic (exact) mass is 282 g/mol. The summed E-state index contributed by atoms with van der Waals surface area (Å²) in [6, 6.07) is 0. The van der Waals surface area contributed by atoms with Crippen LogP contribution < -0.4 is 4.90 Å². The Labute approximate surface area is 108 Å². The topological polar surface area (TPSA) is 16.1 Å². The molecule has 2 heterocycles. The van der Waals surface area contributed by atoms with Crippen LogP contribution in [0.4, 0.5) is 5.13 Å². The molecule has 0 N–H and O–H groups in total. The molecular weight excluding hydrogens is 271 g/mol. The van der Waals surface area contributed by atoms with E-state index in [1.807, 2.05) is 11.8 Å². The fourth-order valence-electron chi connectivity index (χ4n) is 1.53. The third-order valence-electron chi connectivity index (χ3n) is 2.27. The molecule has 6 heteroatoms. The van der Waals surface area contributed by atoms with Crippen LogP contribution in [0.3, 0.4) is 0 Å². The first-order valence-electron chi connectivity index (χ1n) is 4.78. The predicted octanol–water partition coefficient (Wildman–Crippen LogP) is 3.48. The molecule has 84 valence electrons. The lowest BCUT2D eigenvalue weighted by Gasteiger charge is -2.30. The second-order valence-corrected chi connectivity index (χ2v) is 6.71. The fraction of sp³-hybridized carbons (Fsp3) is 0.667. The van der Waals surface area contributed by atoms with E-state index in [-0.39, 0.29) is 0 Å². The van der Waals surface area contributed by atoms with Gasteiger partial charge in [-0.2, -0.15) is 11.8 Å². The number of thioether (sulfide) groups is 1. The van der Waals surface area contributed by atoms with Crippen molar-refractivity contribution in [1.29, 1.82) is 0 Å². The summed E-state index contributed by atoms with van der Waals surface area (Å²) in [5, 5.41) is 2.25. The van der Waals surface area contributed by atoms with Crippen molar-refractivity contribution in [2.24, 2.45) is 0 Å². The van der Waals surface area contributed by atoms with Gasteiger partial charge in [-0.3, -0.25) is 0 Å². The van der Waals surface area contributed by atoms with E-state index in [2.05, 4.69) is 16.8 Å². The van der Waals surface area contributed by atoms with Gasteiger partial charge in [0.15, 0.2) is 5.13 Å². The second-order valence-electron chi connectivity index (χ2n) is 3.47. The van der Waals surface area contributed by atoms with E-state index in [4.69, 9.17) is 23.2 Å². The van der Waals surface area contributed by atoms with E-state index in [1.165, 1.54) is 0 Å². The van der Waals surface area contributed by atoms with Crippen LogP contribution >= 0.6 is 46.3 Å². The van der Waals surface area contributed by atoms with Gasteiger partial charge in [-0.1, -0.05) is 29.9 Å². The average molecular weight is 283 g/mol. The van der Waals surface area contributed by atoms with Crippen molar-refractivity contribution in [3.63, 3.8) is 0 Å². The van der Waals surface area contributed by atoms with Gasteiger partial charge in [0.2, 0.25) is 0 Å². The third kappa shape index (κ3) is 2.73. The van der Waals surface area contributed by atoms with Crippen LogP contribution in [0.15, 0.2) is 0 Å². The van der Waals surface area contributed by atoms with Crippen LogP contribution in [0.2, 0.25) is 5.15 Å². The predicted molar refractivity (Wildman–Crippen MR) is 70.8 cm³/mol. The van der Waals surface area contributed by atoms with E-state index in [0.29, 0.717) is 16.3 Å². The van der Waals surface area contributed by atoms with Crippen molar-refractivity contribution < 1.29 is 0 Å². The maximum Gasteiger partial charge on any atom is 0.187 e. The second kappa shape index (κ2) is 5.13. The Balaban J connectivity index is 2.14. The molecule has 1 aromatic heterocycles. The Morgan fingerprint density at radius 2 is 2.40 bits per heavy atom. The number of nitrogens with zero attached hydrogens (tertiary/aromatic N) is 2. The molecule has 0 amide bonds. The van der Waals surface area contributed by atoms with Gasteiger partial charge >= 0.3 is 0 Å². The minimum absolute atomic E-state index is 0.453. The number of alkyl halides is 1. The molecule has 15 heavy (non-hydrogen) atoms. The molecule has 1 saturated heterocycles. The van der Waals surface area contributed by atoms with Gasteiger partial charge in [0.1, 0.15) is 5.15 Å². The number of anilines is 1. The Hall–Kier alpha value is 0.360. The van der Waals surface area contributed by atoms with E-state index >= 15 is 0 Å². The molecule has 1 unspecified atom stereocenters. The Kier molecular flexibility index (Phi) is 4.04. The number of hydrogen-bond acceptors (Lipinski definition) is 4. The average Bonchev–Trinajstić information content (AvgIpc) is 2.60. The molecule has 0 radical (unpaired) electrons. The lowest BCUT2D eigenvalue weighted by atomic mass is 10.4. The van der Waals surface area contributed by atoms with Gasteiger partial charge in [-0.15, -0.1) is 11.6 Å². The smallest absolute Gasteiger partial charge is 0.187 e. The zero-order valence-electron chi connectivity index (χ0n) is 8.37. The Morgan fingerprint density at radius 3 is 3.00 bits per heavy atom. The van der Waals surface area contributed by atoms with E-state index in [9.17, 15) is 0 Å². The SMILES string of the molecule is CC1CN(c2nc(Cl)c(CCl)s2)CCS1. The third-order valence-corrected chi connectivity index (χ3v) is 5.37. The molecule has 0 aromatic carbocycles. The first-order valence-corrected chi connectivity index (χ1v) is 7.56. The summed E-state index contributed by atoms with van der Waals surface area (Å²) in [5.41, 5.74) is 0. The maximum absolute atomic E-state index is 5.98. The van der Waals surface area contributed by atoms with Gasteiger partial charge in [-0.25, -0.2) is 4.98 Å². The molecule has 2 nitrogen and oxygen atoms in total. The van der Waals surface area contributed by atoms with Gasteiger partial charge < -0.3 is 4.90 Å². The number of hydrogen-bond donors (Lipinski definition) is 0. The highest BCUT2D eigenvalue weighted by Crippen LogP contribution is 2.33. The summed E-state index contributed by atoms with van der Waals surface area (Å²) in [5.74, 6) is 1.61. The van der Waals surface area contributed by atoms with Gasteiger partial charge in [0.25, 0.3) is 0 Å². The molecule has 1 aromatic rings. The van der Waals surface area contributed by atoms with Crippen LogP contribution in [0, 0.1) is 0 Å². The van der Waals surface area contributed by atoms with Crippen LogP contribution in [0.25, 0.3) is 0 Å². The highest BCUT2D eigenvalue weighted by molar-refractivity contribution is 8.00. The van der Waals surface area contributed by atoms with Crippen molar-refractivity contribution in [3.05, 3.63) is 10.0 Å². The summed E-state index contributed by atoms with van der Waals surface area (Å²) in [6.07, 6.45) is 0. The summed E-state index contributed by atoms with van der Waals surface area (Å²) < 4.78 is 0. The molecule has 1 atom stereocenters. The summed E-state index contributed by atoms with van der Waals surface area (Å²) in [7, 11) is 0. The molecule has 0 aliphatic carbocycles. The number of aromatic nitrogens is 1. The first-order chi connectivity index (χ1) is 7.20. The zero-order chi connectivity index (χ0) is 10.8. The van der Waals surface area contributed by atoms with Crippen molar-refractivity contribution >= 4 is 51.4 Å². The lowest BCUT2D eigenvalue weighted by molar-refractivity contribution is 0.779.